The molecule has 0 aromatic carbocycles. The third kappa shape index (κ3) is 4.87. The summed E-state index contributed by atoms with van der Waals surface area (Å²) in [4.78, 5) is 2.05. The number of rotatable bonds is 8. The summed E-state index contributed by atoms with van der Waals surface area (Å²) in [6.45, 7) is 4.15. The van der Waals surface area contributed by atoms with E-state index in [2.05, 4.69) is 32.9 Å². The van der Waals surface area contributed by atoms with E-state index in [4.69, 9.17) is 0 Å². The van der Waals surface area contributed by atoms with Crippen molar-refractivity contribution in [2.45, 2.75) is 24.1 Å². The number of nitrogens with one attached hydrogen (secondary N) is 2. The van der Waals surface area contributed by atoms with Crippen molar-refractivity contribution in [3.05, 3.63) is 37.8 Å². The molecule has 2 heterocycles. The molecule has 8 heteroatoms. The molecule has 0 spiro atoms. The van der Waals surface area contributed by atoms with Gasteiger partial charge in [0, 0.05) is 20.8 Å². The van der Waals surface area contributed by atoms with Crippen LogP contribution in [-0.2, 0) is 23.0 Å². The van der Waals surface area contributed by atoms with Crippen molar-refractivity contribution in [1.29, 1.82) is 0 Å². The molecule has 0 atom stereocenters. The highest BCUT2D eigenvalue weighted by atomic mass is 79.9. The average Bonchev–Trinajstić information content (AvgIpc) is 3.06. The molecular formula is C13H17BrN2O2S3. The topological polar surface area (TPSA) is 58.2 Å². The van der Waals surface area contributed by atoms with E-state index in [0.29, 0.717) is 10.8 Å². The van der Waals surface area contributed by atoms with Gasteiger partial charge < -0.3 is 5.32 Å². The van der Waals surface area contributed by atoms with Crippen LogP contribution in [-0.4, -0.2) is 21.5 Å². The first kappa shape index (κ1) is 17.1. The number of halogens is 1. The van der Waals surface area contributed by atoms with Crippen molar-refractivity contribution in [3.63, 3.8) is 0 Å². The third-order valence-electron chi connectivity index (χ3n) is 2.81. The molecular weight excluding hydrogens is 392 g/mol. The van der Waals surface area contributed by atoms with Crippen molar-refractivity contribution in [2.24, 2.45) is 0 Å². The summed E-state index contributed by atoms with van der Waals surface area (Å²) in [5.41, 5.74) is 0. The van der Waals surface area contributed by atoms with Crippen LogP contribution in [0.5, 0.6) is 0 Å². The Morgan fingerprint density at radius 1 is 1.29 bits per heavy atom. The average molecular weight is 409 g/mol. The summed E-state index contributed by atoms with van der Waals surface area (Å²) >= 11 is 6.26. The minimum absolute atomic E-state index is 0.311. The highest BCUT2D eigenvalue weighted by molar-refractivity contribution is 9.10. The summed E-state index contributed by atoms with van der Waals surface area (Å²) in [6.07, 6.45) is 0.852. The summed E-state index contributed by atoms with van der Waals surface area (Å²) in [5, 5.41) is 5.16. The molecule has 2 aromatic rings. The van der Waals surface area contributed by atoms with Gasteiger partial charge in [-0.1, -0.05) is 6.92 Å². The first-order valence-corrected chi connectivity index (χ1v) is 10.5. The second kappa shape index (κ2) is 7.85. The normalized spacial score (nSPS) is 11.9. The maximum Gasteiger partial charge on any atom is 0.250 e. The van der Waals surface area contributed by atoms with Crippen molar-refractivity contribution < 1.29 is 8.42 Å². The maximum absolute atomic E-state index is 12.3. The van der Waals surface area contributed by atoms with Gasteiger partial charge in [-0.3, -0.25) is 0 Å². The third-order valence-corrected chi connectivity index (χ3v) is 7.78. The molecule has 2 N–H and O–H groups in total. The predicted octanol–water partition coefficient (Wildman–Crippen LogP) is 3.20. The fourth-order valence-electron chi connectivity index (χ4n) is 1.71. The van der Waals surface area contributed by atoms with E-state index in [1.54, 1.807) is 6.07 Å². The standard InChI is InChI=1S/C13H17BrN2O2S3/c1-2-15-7-5-10-3-4-13(20-10)21(17,18)16-9-12-11(14)6-8-19-12/h3-4,6,8,15-16H,2,5,7,9H2,1H3. The number of thiophene rings is 2. The molecule has 0 saturated heterocycles. The predicted molar refractivity (Wildman–Crippen MR) is 92.6 cm³/mol. The Hall–Kier alpha value is -0.250. The van der Waals surface area contributed by atoms with Crippen molar-refractivity contribution in [1.82, 2.24) is 10.0 Å². The molecule has 0 amide bonds. The van der Waals surface area contributed by atoms with Gasteiger partial charge >= 0.3 is 0 Å². The molecule has 116 valence electrons. The minimum atomic E-state index is -3.43. The van der Waals surface area contributed by atoms with Crippen LogP contribution in [0.1, 0.15) is 16.7 Å². The Kier molecular flexibility index (Phi) is 6.39. The molecule has 0 aliphatic carbocycles. The second-order valence-electron chi connectivity index (χ2n) is 4.34. The fourth-order valence-corrected chi connectivity index (χ4v) is 5.63. The van der Waals surface area contributed by atoms with E-state index in [-0.39, 0.29) is 0 Å². The molecule has 0 aliphatic heterocycles. The zero-order valence-corrected chi connectivity index (χ0v) is 15.6. The first-order chi connectivity index (χ1) is 10.0. The van der Waals surface area contributed by atoms with Crippen molar-refractivity contribution in [2.75, 3.05) is 13.1 Å². The Labute approximate surface area is 141 Å². The van der Waals surface area contributed by atoms with Crippen LogP contribution in [0.25, 0.3) is 0 Å². The van der Waals surface area contributed by atoms with Crippen LogP contribution in [0.15, 0.2) is 32.3 Å². The summed E-state index contributed by atoms with van der Waals surface area (Å²) < 4.78 is 28.5. The zero-order valence-electron chi connectivity index (χ0n) is 11.6. The fraction of sp³-hybridized carbons (Fsp3) is 0.385. The van der Waals surface area contributed by atoms with E-state index in [1.165, 1.54) is 22.7 Å². The minimum Gasteiger partial charge on any atom is -0.317 e. The molecule has 0 unspecified atom stereocenters. The van der Waals surface area contributed by atoms with Gasteiger partial charge in [0.05, 0.1) is 0 Å². The van der Waals surface area contributed by atoms with E-state index in [1.807, 2.05) is 17.5 Å². The lowest BCUT2D eigenvalue weighted by atomic mass is 10.3. The lowest BCUT2D eigenvalue weighted by molar-refractivity contribution is 0.584. The Morgan fingerprint density at radius 3 is 2.76 bits per heavy atom. The molecule has 0 bridgehead atoms. The molecule has 2 aromatic heterocycles. The van der Waals surface area contributed by atoms with E-state index >= 15 is 0 Å². The van der Waals surface area contributed by atoms with Crippen LogP contribution in [0, 0.1) is 0 Å². The van der Waals surface area contributed by atoms with Gasteiger partial charge in [-0.15, -0.1) is 22.7 Å². The SMILES string of the molecule is CCNCCc1ccc(S(=O)(=O)NCc2sccc2Br)s1. The lowest BCUT2D eigenvalue weighted by Crippen LogP contribution is -2.22. The maximum atomic E-state index is 12.3. The second-order valence-corrected chi connectivity index (χ2v) is 9.36. The van der Waals surface area contributed by atoms with E-state index in [9.17, 15) is 8.42 Å². The Balaban J connectivity index is 1.97. The van der Waals surface area contributed by atoms with Gasteiger partial charge in [0.25, 0.3) is 0 Å². The smallest absolute Gasteiger partial charge is 0.250 e. The largest absolute Gasteiger partial charge is 0.317 e. The Bertz CT molecular complexity index is 679. The van der Waals surface area contributed by atoms with Gasteiger partial charge in [0.15, 0.2) is 0 Å². The number of sulfonamides is 1. The van der Waals surface area contributed by atoms with Crippen LogP contribution in [0.2, 0.25) is 0 Å². The van der Waals surface area contributed by atoms with Crippen molar-refractivity contribution in [3.8, 4) is 0 Å². The van der Waals surface area contributed by atoms with E-state index in [0.717, 1.165) is 33.7 Å². The molecule has 0 aliphatic rings. The van der Waals surface area contributed by atoms with Gasteiger partial charge in [0.1, 0.15) is 4.21 Å². The van der Waals surface area contributed by atoms with Gasteiger partial charge in [-0.05, 0) is 59.0 Å². The van der Waals surface area contributed by atoms with Crippen molar-refractivity contribution >= 4 is 48.6 Å². The summed E-state index contributed by atoms with van der Waals surface area (Å²) in [6, 6.07) is 5.48. The van der Waals surface area contributed by atoms with Crippen LogP contribution < -0.4 is 10.0 Å². The van der Waals surface area contributed by atoms with Crippen LogP contribution in [0.4, 0.5) is 0 Å². The molecule has 21 heavy (non-hydrogen) atoms. The highest BCUT2D eigenvalue weighted by Crippen LogP contribution is 2.25. The number of hydrogen-bond acceptors (Lipinski definition) is 5. The summed E-state index contributed by atoms with van der Waals surface area (Å²) in [7, 11) is -3.43. The highest BCUT2D eigenvalue weighted by Gasteiger charge is 2.17. The van der Waals surface area contributed by atoms with Gasteiger partial charge in [0.2, 0.25) is 10.0 Å². The monoisotopic (exact) mass is 408 g/mol. The Morgan fingerprint density at radius 2 is 2.10 bits per heavy atom. The molecule has 0 fully saturated rings. The molecule has 0 saturated carbocycles. The lowest BCUT2D eigenvalue weighted by Gasteiger charge is -2.03. The van der Waals surface area contributed by atoms with E-state index < -0.39 is 10.0 Å². The quantitative estimate of drug-likeness (QED) is 0.659. The first-order valence-electron chi connectivity index (χ1n) is 6.54. The van der Waals surface area contributed by atoms with Gasteiger partial charge in [-0.2, -0.15) is 0 Å². The van der Waals surface area contributed by atoms with Crippen LogP contribution >= 0.6 is 38.6 Å². The number of likely N-dealkylation sites (N-methyl/N-ethyl adjacent to an activating group) is 1. The molecule has 4 nitrogen and oxygen atoms in total. The molecule has 0 radical (unpaired) electrons. The summed E-state index contributed by atoms with van der Waals surface area (Å²) in [5.74, 6) is 0. The number of hydrogen-bond donors (Lipinski definition) is 2. The van der Waals surface area contributed by atoms with Crippen LogP contribution in [0.3, 0.4) is 0 Å². The van der Waals surface area contributed by atoms with Gasteiger partial charge in [-0.25, -0.2) is 13.1 Å². The molecule has 2 rings (SSSR count). The zero-order chi connectivity index (χ0) is 15.3.